The van der Waals surface area contributed by atoms with Crippen LogP contribution in [0.5, 0.6) is 5.75 Å². The predicted octanol–water partition coefficient (Wildman–Crippen LogP) is 3.74. The van der Waals surface area contributed by atoms with Crippen LogP contribution in [0.25, 0.3) is 0 Å². The van der Waals surface area contributed by atoms with Crippen LogP contribution in [-0.2, 0) is 4.79 Å². The molecule has 0 aliphatic heterocycles. The Morgan fingerprint density at radius 1 is 1.50 bits per heavy atom. The van der Waals surface area contributed by atoms with Crippen LogP contribution in [0.4, 0.5) is 0 Å². The maximum Gasteiger partial charge on any atom is 0.303 e. The van der Waals surface area contributed by atoms with Gasteiger partial charge in [-0.3, -0.25) is 4.79 Å². The molecule has 20 heavy (non-hydrogen) atoms. The lowest BCUT2D eigenvalue weighted by atomic mass is 9.81. The molecule has 3 N–H and O–H groups in total. The summed E-state index contributed by atoms with van der Waals surface area (Å²) in [6.07, 6.45) is 0.721. The molecule has 0 bridgehead atoms. The highest BCUT2D eigenvalue weighted by Crippen LogP contribution is 2.34. The molecule has 1 aromatic rings. The highest BCUT2D eigenvalue weighted by molar-refractivity contribution is 9.10. The van der Waals surface area contributed by atoms with Crippen LogP contribution in [0.1, 0.15) is 45.2 Å². The number of ether oxygens (including phenoxy) is 1. The lowest BCUT2D eigenvalue weighted by molar-refractivity contribution is -0.139. The fraction of sp³-hybridized carbons (Fsp3) is 0.533. The number of halogens is 1. The molecule has 0 heterocycles. The maximum atomic E-state index is 10.8. The van der Waals surface area contributed by atoms with E-state index < -0.39 is 5.97 Å². The number of carboxylic acids is 1. The van der Waals surface area contributed by atoms with E-state index in [4.69, 9.17) is 15.6 Å². The van der Waals surface area contributed by atoms with Crippen LogP contribution < -0.4 is 10.5 Å². The molecule has 112 valence electrons. The van der Waals surface area contributed by atoms with Gasteiger partial charge in [-0.1, -0.05) is 19.9 Å². The zero-order valence-corrected chi connectivity index (χ0v) is 13.7. The van der Waals surface area contributed by atoms with Crippen LogP contribution in [0.15, 0.2) is 22.7 Å². The van der Waals surface area contributed by atoms with Crippen molar-refractivity contribution >= 4 is 21.9 Å². The summed E-state index contributed by atoms with van der Waals surface area (Å²) in [6, 6.07) is 5.55. The van der Waals surface area contributed by atoms with Crippen molar-refractivity contribution in [2.24, 2.45) is 11.1 Å². The Bertz CT molecular complexity index is 474. The van der Waals surface area contributed by atoms with Crippen molar-refractivity contribution in [3.05, 3.63) is 28.2 Å². The minimum atomic E-state index is -0.796. The van der Waals surface area contributed by atoms with E-state index >= 15 is 0 Å². The summed E-state index contributed by atoms with van der Waals surface area (Å²) in [5.74, 6) is -0.0108. The van der Waals surface area contributed by atoms with Crippen LogP contribution >= 0.6 is 15.9 Å². The van der Waals surface area contributed by atoms with Gasteiger partial charge in [-0.05, 0) is 52.4 Å². The minimum Gasteiger partial charge on any atom is -0.493 e. The second-order valence-corrected chi connectivity index (χ2v) is 6.52. The molecule has 0 aliphatic rings. The zero-order chi connectivity index (χ0) is 15.3. The third kappa shape index (κ3) is 5.13. The topological polar surface area (TPSA) is 72.5 Å². The molecule has 0 amide bonds. The van der Waals surface area contributed by atoms with Gasteiger partial charge in [0.2, 0.25) is 0 Å². The van der Waals surface area contributed by atoms with E-state index in [-0.39, 0.29) is 17.9 Å². The van der Waals surface area contributed by atoms with Crippen LogP contribution in [0.2, 0.25) is 0 Å². The van der Waals surface area contributed by atoms with Crippen LogP contribution in [-0.4, -0.2) is 17.7 Å². The number of rotatable bonds is 7. The van der Waals surface area contributed by atoms with E-state index in [1.165, 1.54) is 0 Å². The molecule has 4 nitrogen and oxygen atoms in total. The first-order valence-corrected chi connectivity index (χ1v) is 7.44. The van der Waals surface area contributed by atoms with Gasteiger partial charge in [0.1, 0.15) is 5.75 Å². The molecule has 0 spiro atoms. The van der Waals surface area contributed by atoms with E-state index in [9.17, 15) is 4.79 Å². The predicted molar refractivity (Wildman–Crippen MR) is 82.9 cm³/mol. The van der Waals surface area contributed by atoms with Crippen molar-refractivity contribution in [1.29, 1.82) is 0 Å². The Morgan fingerprint density at radius 3 is 2.65 bits per heavy atom. The average Bonchev–Trinajstić information content (AvgIpc) is 2.29. The van der Waals surface area contributed by atoms with Gasteiger partial charge < -0.3 is 15.6 Å². The van der Waals surface area contributed by atoms with E-state index in [1.54, 1.807) is 0 Å². The van der Waals surface area contributed by atoms with Crippen molar-refractivity contribution in [1.82, 2.24) is 0 Å². The largest absolute Gasteiger partial charge is 0.493 e. The summed E-state index contributed by atoms with van der Waals surface area (Å²) >= 11 is 3.46. The van der Waals surface area contributed by atoms with Crippen molar-refractivity contribution < 1.29 is 14.6 Å². The number of aliphatic carboxylic acids is 1. The molecular formula is C15H22BrNO3. The molecule has 0 radical (unpaired) electrons. The molecule has 1 aromatic carbocycles. The molecule has 1 unspecified atom stereocenters. The van der Waals surface area contributed by atoms with Crippen LogP contribution in [0.3, 0.4) is 0 Å². The Balaban J connectivity index is 2.79. The Kier molecular flexibility index (Phi) is 6.02. The molecule has 1 rings (SSSR count). The van der Waals surface area contributed by atoms with Crippen molar-refractivity contribution in [2.75, 3.05) is 6.61 Å². The van der Waals surface area contributed by atoms with Gasteiger partial charge in [0.25, 0.3) is 0 Å². The Morgan fingerprint density at radius 2 is 2.15 bits per heavy atom. The van der Waals surface area contributed by atoms with E-state index in [2.05, 4.69) is 15.9 Å². The summed E-state index contributed by atoms with van der Waals surface area (Å²) < 4.78 is 6.32. The van der Waals surface area contributed by atoms with E-state index in [1.807, 2.05) is 39.0 Å². The molecule has 5 heteroatoms. The smallest absolute Gasteiger partial charge is 0.303 e. The van der Waals surface area contributed by atoms with Gasteiger partial charge in [0.15, 0.2) is 0 Å². The third-order valence-electron chi connectivity index (χ3n) is 3.09. The molecule has 1 atom stereocenters. The number of benzene rings is 1. The van der Waals surface area contributed by atoms with Gasteiger partial charge >= 0.3 is 5.97 Å². The number of hydrogen-bond acceptors (Lipinski definition) is 3. The first kappa shape index (κ1) is 17.0. The SMILES string of the molecule is CCOc1ccc(C(N)CC(C)(C)CC(=O)O)cc1Br. The molecular weight excluding hydrogens is 322 g/mol. The third-order valence-corrected chi connectivity index (χ3v) is 3.71. The first-order chi connectivity index (χ1) is 9.25. The lowest BCUT2D eigenvalue weighted by Gasteiger charge is -2.26. The average molecular weight is 344 g/mol. The van der Waals surface area contributed by atoms with Crippen LogP contribution in [0, 0.1) is 5.41 Å². The van der Waals surface area contributed by atoms with Gasteiger partial charge in [-0.2, -0.15) is 0 Å². The number of carboxylic acid groups (broad SMARTS) is 1. The highest BCUT2D eigenvalue weighted by Gasteiger charge is 2.25. The summed E-state index contributed by atoms with van der Waals surface area (Å²) in [7, 11) is 0. The van der Waals surface area contributed by atoms with Gasteiger partial charge in [0, 0.05) is 6.04 Å². The zero-order valence-electron chi connectivity index (χ0n) is 12.1. The van der Waals surface area contributed by atoms with Gasteiger partial charge in [0.05, 0.1) is 17.5 Å². The van der Waals surface area contributed by atoms with E-state index in [0.717, 1.165) is 15.8 Å². The van der Waals surface area contributed by atoms with Crippen molar-refractivity contribution in [2.45, 2.75) is 39.7 Å². The van der Waals surface area contributed by atoms with Gasteiger partial charge in [-0.15, -0.1) is 0 Å². The van der Waals surface area contributed by atoms with Crippen molar-refractivity contribution in [3.63, 3.8) is 0 Å². The molecule has 0 aromatic heterocycles. The summed E-state index contributed by atoms with van der Waals surface area (Å²) in [6.45, 7) is 6.38. The standard InChI is InChI=1S/C15H22BrNO3/c1-4-20-13-6-5-10(7-11(13)16)12(17)8-15(2,3)9-14(18)19/h5-7,12H,4,8-9,17H2,1-3H3,(H,18,19). The van der Waals surface area contributed by atoms with Gasteiger partial charge in [-0.25, -0.2) is 0 Å². The highest BCUT2D eigenvalue weighted by atomic mass is 79.9. The molecule has 0 aliphatic carbocycles. The number of carbonyl (C=O) groups is 1. The molecule has 0 fully saturated rings. The monoisotopic (exact) mass is 343 g/mol. The Hall–Kier alpha value is -1.07. The summed E-state index contributed by atoms with van der Waals surface area (Å²) in [5, 5.41) is 8.91. The normalized spacial score (nSPS) is 13.1. The maximum absolute atomic E-state index is 10.8. The summed E-state index contributed by atoms with van der Waals surface area (Å²) in [4.78, 5) is 10.8. The minimum absolute atomic E-state index is 0.110. The fourth-order valence-electron chi connectivity index (χ4n) is 2.22. The Labute approximate surface area is 128 Å². The van der Waals surface area contributed by atoms with Crippen molar-refractivity contribution in [3.8, 4) is 5.75 Å². The quantitative estimate of drug-likeness (QED) is 0.790. The molecule has 0 saturated carbocycles. The van der Waals surface area contributed by atoms with E-state index in [0.29, 0.717) is 13.0 Å². The molecule has 0 saturated heterocycles. The number of nitrogens with two attached hydrogens (primary N) is 1. The fourth-order valence-corrected chi connectivity index (χ4v) is 2.73. The lowest BCUT2D eigenvalue weighted by Crippen LogP contribution is -2.24. The first-order valence-electron chi connectivity index (χ1n) is 6.65. The second-order valence-electron chi connectivity index (χ2n) is 5.67. The summed E-state index contributed by atoms with van der Waals surface area (Å²) in [5.41, 5.74) is 6.83. The second kappa shape index (κ2) is 7.09. The number of hydrogen-bond donors (Lipinski definition) is 2.